The van der Waals surface area contributed by atoms with Gasteiger partial charge in [0.1, 0.15) is 0 Å². The average Bonchev–Trinajstić information content (AvgIpc) is 2.99. The second-order valence-corrected chi connectivity index (χ2v) is 6.00. The molecule has 0 aliphatic rings. The summed E-state index contributed by atoms with van der Waals surface area (Å²) in [7, 11) is 0. The fourth-order valence-corrected chi connectivity index (χ4v) is 2.60. The topological polar surface area (TPSA) is 78.3 Å². The summed E-state index contributed by atoms with van der Waals surface area (Å²) in [5, 5.41) is 10.7. The molecule has 0 radical (unpaired) electrons. The highest BCUT2D eigenvalue weighted by atomic mass is 79.9. The second-order valence-electron chi connectivity index (χ2n) is 5.08. The van der Waals surface area contributed by atoms with Crippen LogP contribution in [0.1, 0.15) is 29.9 Å². The summed E-state index contributed by atoms with van der Waals surface area (Å²) in [6.45, 7) is 7.16. The third kappa shape index (κ3) is 5.12. The van der Waals surface area contributed by atoms with Crippen LogP contribution >= 0.6 is 15.9 Å². The van der Waals surface area contributed by atoms with Gasteiger partial charge in [-0.05, 0) is 44.5 Å². The number of ether oxygens (including phenoxy) is 2. The number of hydrogen-bond donors (Lipinski definition) is 1. The van der Waals surface area contributed by atoms with Crippen LogP contribution in [-0.4, -0.2) is 40.4 Å². The van der Waals surface area contributed by atoms with Gasteiger partial charge in [0.05, 0.1) is 12.7 Å². The predicted octanol–water partition coefficient (Wildman–Crippen LogP) is 3.00. The van der Waals surface area contributed by atoms with E-state index in [0.717, 1.165) is 15.7 Å². The minimum Gasteiger partial charge on any atom is -0.351 e. The van der Waals surface area contributed by atoms with Crippen molar-refractivity contribution in [1.82, 2.24) is 15.0 Å². The molecule has 0 aliphatic carbocycles. The molecule has 0 aliphatic heterocycles. The average molecular weight is 397 g/mol. The fraction of sp³-hybridized carbons (Fsp3) is 0.438. The van der Waals surface area contributed by atoms with Gasteiger partial charge in [0, 0.05) is 23.4 Å². The normalized spacial score (nSPS) is 11.0. The first-order chi connectivity index (χ1) is 11.5. The lowest BCUT2D eigenvalue weighted by Gasteiger charge is -2.16. The van der Waals surface area contributed by atoms with Crippen molar-refractivity contribution in [2.45, 2.75) is 33.6 Å². The largest absolute Gasteiger partial charge is 0.351 e. The molecule has 0 spiro atoms. The maximum Gasteiger partial charge on any atom is 0.277 e. The van der Waals surface area contributed by atoms with Crippen LogP contribution in [0.25, 0.3) is 0 Å². The molecule has 0 fully saturated rings. The first-order valence-electron chi connectivity index (χ1n) is 7.74. The molecule has 8 heteroatoms. The van der Waals surface area contributed by atoms with Crippen LogP contribution in [0.4, 0.5) is 5.69 Å². The molecule has 130 valence electrons. The number of aryl methyl sites for hydroxylation is 1. The lowest BCUT2D eigenvalue weighted by molar-refractivity contribution is -0.145. The molecule has 1 N–H and O–H groups in total. The Bertz CT molecular complexity index is 684. The van der Waals surface area contributed by atoms with Gasteiger partial charge in [-0.2, -0.15) is 0 Å². The molecule has 1 amide bonds. The standard InChI is InChI=1S/C16H21BrN4O3/c1-4-23-15(24-5-2)10-21-9-14(19-20-21)16(22)18-13-7-6-12(17)8-11(13)3/h6-9,15H,4-5,10H2,1-3H3,(H,18,22). The zero-order valence-electron chi connectivity index (χ0n) is 14.0. The van der Waals surface area contributed by atoms with Crippen LogP contribution < -0.4 is 5.32 Å². The van der Waals surface area contributed by atoms with Crippen molar-refractivity contribution in [3.63, 3.8) is 0 Å². The molecule has 0 saturated heterocycles. The molecule has 0 saturated carbocycles. The Morgan fingerprint density at radius 2 is 2.04 bits per heavy atom. The van der Waals surface area contributed by atoms with Crippen LogP contribution in [0, 0.1) is 6.92 Å². The summed E-state index contributed by atoms with van der Waals surface area (Å²) >= 11 is 3.40. The van der Waals surface area contributed by atoms with E-state index in [-0.39, 0.29) is 11.6 Å². The number of nitrogens with zero attached hydrogens (tertiary/aromatic N) is 3. The van der Waals surface area contributed by atoms with E-state index in [0.29, 0.717) is 19.8 Å². The molecule has 1 heterocycles. The number of amides is 1. The number of anilines is 1. The van der Waals surface area contributed by atoms with E-state index >= 15 is 0 Å². The van der Waals surface area contributed by atoms with Crippen molar-refractivity contribution in [2.75, 3.05) is 18.5 Å². The second kappa shape index (κ2) is 8.91. The van der Waals surface area contributed by atoms with Crippen molar-refractivity contribution < 1.29 is 14.3 Å². The van der Waals surface area contributed by atoms with Gasteiger partial charge in [0.2, 0.25) is 0 Å². The number of carbonyl (C=O) groups is 1. The van der Waals surface area contributed by atoms with Crippen LogP contribution in [0.2, 0.25) is 0 Å². The van der Waals surface area contributed by atoms with E-state index in [4.69, 9.17) is 9.47 Å². The molecule has 1 aromatic heterocycles. The van der Waals surface area contributed by atoms with E-state index in [2.05, 4.69) is 31.6 Å². The molecule has 2 rings (SSSR count). The van der Waals surface area contributed by atoms with Crippen molar-refractivity contribution in [2.24, 2.45) is 0 Å². The number of benzene rings is 1. The highest BCUT2D eigenvalue weighted by molar-refractivity contribution is 9.10. The summed E-state index contributed by atoms with van der Waals surface area (Å²) in [4.78, 5) is 12.3. The fourth-order valence-electron chi connectivity index (χ4n) is 2.12. The Kier molecular flexibility index (Phi) is 6.89. The lowest BCUT2D eigenvalue weighted by atomic mass is 10.2. The molecule has 0 atom stereocenters. The van der Waals surface area contributed by atoms with Crippen molar-refractivity contribution >= 4 is 27.5 Å². The minimum absolute atomic E-state index is 0.240. The highest BCUT2D eigenvalue weighted by Gasteiger charge is 2.15. The third-order valence-corrected chi connectivity index (χ3v) is 3.74. The Morgan fingerprint density at radius 3 is 2.67 bits per heavy atom. The molecule has 0 unspecified atom stereocenters. The number of halogens is 1. The molecular formula is C16H21BrN4O3. The monoisotopic (exact) mass is 396 g/mol. The molecule has 2 aromatic rings. The van der Waals surface area contributed by atoms with Crippen LogP contribution in [-0.2, 0) is 16.0 Å². The zero-order valence-corrected chi connectivity index (χ0v) is 15.5. The summed E-state index contributed by atoms with van der Waals surface area (Å²) in [5.41, 5.74) is 1.93. The van der Waals surface area contributed by atoms with Gasteiger partial charge in [0.15, 0.2) is 12.0 Å². The number of hydrogen-bond acceptors (Lipinski definition) is 5. The molecule has 1 aromatic carbocycles. The SMILES string of the molecule is CCOC(Cn1cc(C(=O)Nc2ccc(Br)cc2C)nn1)OCC. The Labute approximate surface area is 149 Å². The summed E-state index contributed by atoms with van der Waals surface area (Å²) in [5.74, 6) is -0.309. The van der Waals surface area contributed by atoms with Gasteiger partial charge in [-0.1, -0.05) is 21.1 Å². The third-order valence-electron chi connectivity index (χ3n) is 3.25. The summed E-state index contributed by atoms with van der Waals surface area (Å²) < 4.78 is 13.4. The summed E-state index contributed by atoms with van der Waals surface area (Å²) in [6.07, 6.45) is 1.17. The number of aromatic nitrogens is 3. The van der Waals surface area contributed by atoms with Gasteiger partial charge in [-0.3, -0.25) is 4.79 Å². The van der Waals surface area contributed by atoms with Gasteiger partial charge in [-0.25, -0.2) is 4.68 Å². The van der Waals surface area contributed by atoms with Gasteiger partial charge < -0.3 is 14.8 Å². The minimum atomic E-state index is -0.411. The van der Waals surface area contributed by atoms with E-state index in [1.165, 1.54) is 0 Å². The number of rotatable bonds is 8. The Balaban J connectivity index is 2.02. The smallest absolute Gasteiger partial charge is 0.277 e. The van der Waals surface area contributed by atoms with Crippen molar-refractivity contribution in [3.8, 4) is 0 Å². The van der Waals surface area contributed by atoms with Crippen LogP contribution in [0.15, 0.2) is 28.9 Å². The first-order valence-corrected chi connectivity index (χ1v) is 8.53. The van der Waals surface area contributed by atoms with Crippen LogP contribution in [0.5, 0.6) is 0 Å². The predicted molar refractivity (Wildman–Crippen MR) is 93.9 cm³/mol. The summed E-state index contributed by atoms with van der Waals surface area (Å²) in [6, 6.07) is 5.64. The van der Waals surface area contributed by atoms with Gasteiger partial charge >= 0.3 is 0 Å². The van der Waals surface area contributed by atoms with E-state index in [1.54, 1.807) is 10.9 Å². The number of nitrogens with one attached hydrogen (secondary N) is 1. The zero-order chi connectivity index (χ0) is 17.5. The maximum absolute atomic E-state index is 12.3. The molecule has 7 nitrogen and oxygen atoms in total. The molecular weight excluding hydrogens is 376 g/mol. The molecule has 24 heavy (non-hydrogen) atoms. The van der Waals surface area contributed by atoms with E-state index < -0.39 is 6.29 Å². The van der Waals surface area contributed by atoms with Crippen molar-refractivity contribution in [3.05, 3.63) is 40.1 Å². The molecule has 0 bridgehead atoms. The van der Waals surface area contributed by atoms with E-state index in [9.17, 15) is 4.79 Å². The lowest BCUT2D eigenvalue weighted by Crippen LogP contribution is -2.24. The Hall–Kier alpha value is -1.77. The first kappa shape index (κ1) is 18.6. The Morgan fingerprint density at radius 1 is 1.33 bits per heavy atom. The van der Waals surface area contributed by atoms with E-state index in [1.807, 2.05) is 39.0 Å². The van der Waals surface area contributed by atoms with Crippen LogP contribution in [0.3, 0.4) is 0 Å². The number of carbonyl (C=O) groups excluding carboxylic acids is 1. The quantitative estimate of drug-likeness (QED) is 0.693. The highest BCUT2D eigenvalue weighted by Crippen LogP contribution is 2.20. The maximum atomic E-state index is 12.3. The van der Waals surface area contributed by atoms with Crippen molar-refractivity contribution in [1.29, 1.82) is 0 Å². The van der Waals surface area contributed by atoms with Gasteiger partial charge in [-0.15, -0.1) is 5.10 Å². The van der Waals surface area contributed by atoms with Gasteiger partial charge in [0.25, 0.3) is 5.91 Å².